The van der Waals surface area contributed by atoms with Crippen molar-refractivity contribution in [3.05, 3.63) is 29.3 Å². The molecule has 1 aromatic carbocycles. The zero-order valence-electron chi connectivity index (χ0n) is 11.2. The highest BCUT2D eigenvalue weighted by Crippen LogP contribution is 2.26. The minimum atomic E-state index is -2.97. The number of sulfone groups is 1. The fourth-order valence-electron chi connectivity index (χ4n) is 2.87. The number of aryl methyl sites for hydroxylation is 1. The van der Waals surface area contributed by atoms with Crippen LogP contribution in [0.1, 0.15) is 28.8 Å². The van der Waals surface area contributed by atoms with Crippen molar-refractivity contribution < 1.29 is 13.2 Å². The van der Waals surface area contributed by atoms with E-state index in [-0.39, 0.29) is 23.5 Å². The molecular formula is C14H18N2O3S. The Balaban J connectivity index is 1.78. The average Bonchev–Trinajstić information content (AvgIpc) is 2.77. The molecule has 1 fully saturated rings. The molecule has 1 unspecified atom stereocenters. The third-order valence-corrected chi connectivity index (χ3v) is 5.66. The lowest BCUT2D eigenvalue weighted by Crippen LogP contribution is -2.36. The van der Waals surface area contributed by atoms with E-state index in [2.05, 4.69) is 10.6 Å². The van der Waals surface area contributed by atoms with E-state index in [4.69, 9.17) is 0 Å². The van der Waals surface area contributed by atoms with E-state index in [0.29, 0.717) is 12.0 Å². The second-order valence-corrected chi connectivity index (χ2v) is 7.67. The molecule has 0 radical (unpaired) electrons. The summed E-state index contributed by atoms with van der Waals surface area (Å²) in [5, 5.41) is 6.12. The van der Waals surface area contributed by atoms with E-state index in [9.17, 15) is 13.2 Å². The molecule has 108 valence electrons. The predicted octanol–water partition coefficient (Wildman–Crippen LogP) is 0.962. The van der Waals surface area contributed by atoms with Gasteiger partial charge in [-0.15, -0.1) is 0 Å². The smallest absolute Gasteiger partial charge is 0.253 e. The van der Waals surface area contributed by atoms with E-state index in [1.54, 1.807) is 6.07 Å². The highest BCUT2D eigenvalue weighted by atomic mass is 32.2. The van der Waals surface area contributed by atoms with Crippen molar-refractivity contribution in [2.75, 3.05) is 23.4 Å². The van der Waals surface area contributed by atoms with Crippen molar-refractivity contribution in [1.82, 2.24) is 5.32 Å². The van der Waals surface area contributed by atoms with Gasteiger partial charge in [0.15, 0.2) is 9.84 Å². The van der Waals surface area contributed by atoms with Crippen LogP contribution in [0.15, 0.2) is 18.2 Å². The average molecular weight is 294 g/mol. The first-order valence-corrected chi connectivity index (χ1v) is 8.74. The molecule has 0 aliphatic carbocycles. The second-order valence-electron chi connectivity index (χ2n) is 5.44. The number of hydrogen-bond donors (Lipinski definition) is 2. The van der Waals surface area contributed by atoms with Gasteiger partial charge in [-0.05, 0) is 30.9 Å². The van der Waals surface area contributed by atoms with E-state index in [1.165, 1.54) is 0 Å². The van der Waals surface area contributed by atoms with Crippen LogP contribution in [-0.4, -0.2) is 38.4 Å². The van der Waals surface area contributed by atoms with Gasteiger partial charge in [0.25, 0.3) is 5.91 Å². The summed E-state index contributed by atoms with van der Waals surface area (Å²) in [6, 6.07) is 5.44. The van der Waals surface area contributed by atoms with E-state index in [0.717, 1.165) is 30.6 Å². The Labute approximate surface area is 118 Å². The van der Waals surface area contributed by atoms with Gasteiger partial charge in [0.05, 0.1) is 22.8 Å². The number of fused-ring (bicyclic) bond motifs is 1. The number of carbonyl (C=O) groups is 1. The molecule has 1 atom stereocenters. The molecule has 1 saturated heterocycles. The molecule has 1 aromatic rings. The van der Waals surface area contributed by atoms with Crippen LogP contribution in [0.25, 0.3) is 0 Å². The summed E-state index contributed by atoms with van der Waals surface area (Å²) < 4.78 is 22.9. The molecule has 5 nitrogen and oxygen atoms in total. The predicted molar refractivity (Wildman–Crippen MR) is 77.8 cm³/mol. The molecule has 0 spiro atoms. The van der Waals surface area contributed by atoms with Gasteiger partial charge in [-0.2, -0.15) is 0 Å². The summed E-state index contributed by atoms with van der Waals surface area (Å²) >= 11 is 0. The molecule has 20 heavy (non-hydrogen) atoms. The summed E-state index contributed by atoms with van der Waals surface area (Å²) in [5.74, 6) is 0.0444. The number of carbonyl (C=O) groups excluding carboxylic acids is 1. The molecule has 2 heterocycles. The quantitative estimate of drug-likeness (QED) is 0.852. The summed E-state index contributed by atoms with van der Waals surface area (Å²) in [7, 11) is -2.97. The van der Waals surface area contributed by atoms with Crippen LogP contribution in [0.3, 0.4) is 0 Å². The van der Waals surface area contributed by atoms with Crippen molar-refractivity contribution in [3.63, 3.8) is 0 Å². The van der Waals surface area contributed by atoms with Gasteiger partial charge in [-0.1, -0.05) is 12.1 Å². The van der Waals surface area contributed by atoms with E-state index < -0.39 is 9.84 Å². The minimum absolute atomic E-state index is 0.0567. The molecule has 2 aliphatic rings. The number of rotatable bonds is 2. The Hall–Kier alpha value is -1.56. The Morgan fingerprint density at radius 1 is 1.35 bits per heavy atom. The van der Waals surface area contributed by atoms with Gasteiger partial charge < -0.3 is 10.6 Å². The van der Waals surface area contributed by atoms with Crippen molar-refractivity contribution in [1.29, 1.82) is 0 Å². The SMILES string of the molecule is O=C(NC1CCS(=O)(=O)C1)c1cccc2c1NCCC2. The molecule has 0 bridgehead atoms. The fraction of sp³-hybridized carbons (Fsp3) is 0.500. The van der Waals surface area contributed by atoms with Crippen LogP contribution < -0.4 is 10.6 Å². The van der Waals surface area contributed by atoms with Crippen LogP contribution in [0.4, 0.5) is 5.69 Å². The van der Waals surface area contributed by atoms with Crippen molar-refractivity contribution in [2.45, 2.75) is 25.3 Å². The third kappa shape index (κ3) is 2.65. The van der Waals surface area contributed by atoms with Gasteiger partial charge in [0.1, 0.15) is 0 Å². The molecular weight excluding hydrogens is 276 g/mol. The lowest BCUT2D eigenvalue weighted by atomic mass is 9.99. The highest BCUT2D eigenvalue weighted by molar-refractivity contribution is 7.91. The minimum Gasteiger partial charge on any atom is -0.384 e. The number of anilines is 1. The molecule has 2 aliphatic heterocycles. The van der Waals surface area contributed by atoms with Crippen molar-refractivity contribution in [2.24, 2.45) is 0 Å². The zero-order valence-corrected chi connectivity index (χ0v) is 12.0. The molecule has 1 amide bonds. The second kappa shape index (κ2) is 5.09. The number of benzene rings is 1. The summed E-state index contributed by atoms with van der Waals surface area (Å²) in [5.41, 5.74) is 2.67. The number of amides is 1. The Morgan fingerprint density at radius 3 is 2.95 bits per heavy atom. The Bertz CT molecular complexity index is 640. The van der Waals surface area contributed by atoms with Crippen LogP contribution >= 0.6 is 0 Å². The Kier molecular flexibility index (Phi) is 3.41. The third-order valence-electron chi connectivity index (χ3n) is 3.89. The standard InChI is InChI=1S/C14H18N2O3S/c17-14(16-11-6-8-20(18,19)9-11)12-5-1-3-10-4-2-7-15-13(10)12/h1,3,5,11,15H,2,4,6-9H2,(H,16,17). The highest BCUT2D eigenvalue weighted by Gasteiger charge is 2.29. The normalized spacial score (nSPS) is 23.7. The van der Waals surface area contributed by atoms with Crippen LogP contribution in [0, 0.1) is 0 Å². The van der Waals surface area contributed by atoms with E-state index in [1.807, 2.05) is 12.1 Å². The summed E-state index contributed by atoms with van der Waals surface area (Å²) in [6.07, 6.45) is 2.55. The van der Waals surface area contributed by atoms with Gasteiger partial charge in [0, 0.05) is 12.6 Å². The Morgan fingerprint density at radius 2 is 2.20 bits per heavy atom. The zero-order chi connectivity index (χ0) is 14.2. The van der Waals surface area contributed by atoms with Gasteiger partial charge >= 0.3 is 0 Å². The summed E-state index contributed by atoms with van der Waals surface area (Å²) in [4.78, 5) is 12.3. The molecule has 0 saturated carbocycles. The van der Waals surface area contributed by atoms with Crippen LogP contribution in [0.5, 0.6) is 0 Å². The number of nitrogens with one attached hydrogen (secondary N) is 2. The van der Waals surface area contributed by atoms with Crippen molar-refractivity contribution >= 4 is 21.4 Å². The van der Waals surface area contributed by atoms with Crippen LogP contribution in [-0.2, 0) is 16.3 Å². The first-order chi connectivity index (χ1) is 9.55. The van der Waals surface area contributed by atoms with Gasteiger partial charge in [-0.3, -0.25) is 4.79 Å². The number of para-hydroxylation sites is 1. The van der Waals surface area contributed by atoms with Gasteiger partial charge in [-0.25, -0.2) is 8.42 Å². The van der Waals surface area contributed by atoms with Gasteiger partial charge in [0.2, 0.25) is 0 Å². The maximum Gasteiger partial charge on any atom is 0.253 e. The maximum absolute atomic E-state index is 12.3. The molecule has 3 rings (SSSR count). The molecule has 2 N–H and O–H groups in total. The lowest BCUT2D eigenvalue weighted by molar-refractivity contribution is 0.0942. The van der Waals surface area contributed by atoms with E-state index >= 15 is 0 Å². The lowest BCUT2D eigenvalue weighted by Gasteiger charge is -2.21. The number of hydrogen-bond acceptors (Lipinski definition) is 4. The monoisotopic (exact) mass is 294 g/mol. The maximum atomic E-state index is 12.3. The largest absolute Gasteiger partial charge is 0.384 e. The molecule has 6 heteroatoms. The fourth-order valence-corrected chi connectivity index (χ4v) is 4.54. The first-order valence-electron chi connectivity index (χ1n) is 6.92. The molecule has 0 aromatic heterocycles. The summed E-state index contributed by atoms with van der Waals surface area (Å²) in [6.45, 7) is 0.870. The first kappa shape index (κ1) is 13.4. The topological polar surface area (TPSA) is 75.3 Å². The van der Waals surface area contributed by atoms with Crippen LogP contribution in [0.2, 0.25) is 0 Å². The van der Waals surface area contributed by atoms with Crippen molar-refractivity contribution in [3.8, 4) is 0 Å².